The van der Waals surface area contributed by atoms with E-state index in [1.165, 1.54) is 10.7 Å². The van der Waals surface area contributed by atoms with Crippen LogP contribution in [0.3, 0.4) is 0 Å². The molecule has 0 aromatic carbocycles. The zero-order chi connectivity index (χ0) is 18.8. The molecule has 3 aliphatic rings. The van der Waals surface area contributed by atoms with Gasteiger partial charge in [-0.05, 0) is 25.7 Å². The van der Waals surface area contributed by atoms with Gasteiger partial charge in [-0.1, -0.05) is 19.3 Å². The number of carbonyl (C=O) groups excluding carboxylic acids is 1. The Balaban J connectivity index is 1.57. The lowest BCUT2D eigenvalue weighted by molar-refractivity contribution is -0.141. The molecule has 0 spiro atoms. The second-order valence-electron chi connectivity index (χ2n) is 7.78. The second kappa shape index (κ2) is 8.10. The molecule has 9 heteroatoms. The lowest BCUT2D eigenvalue weighted by atomic mass is 9.89. The number of hydrogen-bond donors (Lipinski definition) is 1. The van der Waals surface area contributed by atoms with Gasteiger partial charge in [0.2, 0.25) is 5.91 Å². The normalized spacial score (nSPS) is 26.2. The Hall–Kier alpha value is -0.740. The molecule has 0 aromatic heterocycles. The van der Waals surface area contributed by atoms with Crippen molar-refractivity contribution < 1.29 is 17.9 Å². The molecule has 2 N–H and O–H groups in total. The van der Waals surface area contributed by atoms with Gasteiger partial charge in [0.05, 0.1) is 5.54 Å². The molecule has 26 heavy (non-hydrogen) atoms. The monoisotopic (exact) mass is 388 g/mol. The molecule has 0 unspecified atom stereocenters. The van der Waals surface area contributed by atoms with Crippen LogP contribution in [0.1, 0.15) is 44.9 Å². The number of hydrogen-bond acceptors (Lipinski definition) is 5. The number of nitrogens with zero attached hydrogens (tertiary/aromatic N) is 3. The van der Waals surface area contributed by atoms with Crippen LogP contribution in [0.5, 0.6) is 0 Å². The van der Waals surface area contributed by atoms with Crippen LogP contribution >= 0.6 is 0 Å². The Morgan fingerprint density at radius 3 is 2.23 bits per heavy atom. The Bertz CT molecular complexity index is 592. The molecule has 150 valence electrons. The standard InChI is InChI=1S/C17H32N4O4S/c1-19(15-5-3-2-4-6-15)26(23,24)21-11-9-20(10-12-21)16(22)17(18)7-13-25-14-8-17/h15H,2-14,18H2,1H3. The van der Waals surface area contributed by atoms with Gasteiger partial charge in [0.25, 0.3) is 10.2 Å². The van der Waals surface area contributed by atoms with Gasteiger partial charge in [0, 0.05) is 52.5 Å². The SMILES string of the molecule is CN(C1CCCCC1)S(=O)(=O)N1CCN(C(=O)C2(N)CCOCC2)CC1. The summed E-state index contributed by atoms with van der Waals surface area (Å²) in [4.78, 5) is 14.5. The predicted octanol–water partition coefficient (Wildman–Crippen LogP) is 0.148. The first-order chi connectivity index (χ1) is 12.3. The fraction of sp³-hybridized carbons (Fsp3) is 0.941. The third-order valence-corrected chi connectivity index (χ3v) is 8.16. The maximum absolute atomic E-state index is 12.9. The van der Waals surface area contributed by atoms with E-state index in [1.54, 1.807) is 16.3 Å². The summed E-state index contributed by atoms with van der Waals surface area (Å²) in [5.74, 6) is -0.0708. The summed E-state index contributed by atoms with van der Waals surface area (Å²) in [5, 5.41) is 0. The number of rotatable bonds is 4. The van der Waals surface area contributed by atoms with E-state index in [2.05, 4.69) is 0 Å². The van der Waals surface area contributed by atoms with E-state index in [1.807, 2.05) is 0 Å². The van der Waals surface area contributed by atoms with Crippen molar-refractivity contribution in [2.75, 3.05) is 46.4 Å². The summed E-state index contributed by atoms with van der Waals surface area (Å²) >= 11 is 0. The van der Waals surface area contributed by atoms with Gasteiger partial charge in [0.1, 0.15) is 0 Å². The maximum atomic E-state index is 12.9. The largest absolute Gasteiger partial charge is 0.381 e. The summed E-state index contributed by atoms with van der Waals surface area (Å²) in [7, 11) is -1.78. The highest BCUT2D eigenvalue weighted by atomic mass is 32.2. The van der Waals surface area contributed by atoms with E-state index in [0.717, 1.165) is 25.7 Å². The van der Waals surface area contributed by atoms with Gasteiger partial charge in [-0.25, -0.2) is 0 Å². The molecule has 3 fully saturated rings. The minimum atomic E-state index is -3.47. The van der Waals surface area contributed by atoms with Crippen molar-refractivity contribution in [3.05, 3.63) is 0 Å². The summed E-state index contributed by atoms with van der Waals surface area (Å²) in [5.41, 5.74) is 5.43. The molecule has 3 rings (SSSR count). The fourth-order valence-corrected chi connectivity index (χ4v) is 5.78. The molecule has 0 radical (unpaired) electrons. The van der Waals surface area contributed by atoms with Gasteiger partial charge in [-0.2, -0.15) is 17.0 Å². The number of amides is 1. The van der Waals surface area contributed by atoms with E-state index < -0.39 is 15.7 Å². The maximum Gasteiger partial charge on any atom is 0.282 e. The lowest BCUT2D eigenvalue weighted by Gasteiger charge is -2.42. The molecule has 2 saturated heterocycles. The predicted molar refractivity (Wildman–Crippen MR) is 98.7 cm³/mol. The molecule has 0 aromatic rings. The van der Waals surface area contributed by atoms with Crippen LogP contribution in [0.4, 0.5) is 0 Å². The molecular formula is C17H32N4O4S. The van der Waals surface area contributed by atoms with Crippen molar-refractivity contribution >= 4 is 16.1 Å². The van der Waals surface area contributed by atoms with Crippen LogP contribution < -0.4 is 5.73 Å². The van der Waals surface area contributed by atoms with Crippen molar-refractivity contribution in [2.24, 2.45) is 5.73 Å². The number of carbonyl (C=O) groups is 1. The molecule has 0 atom stereocenters. The summed E-state index contributed by atoms with van der Waals surface area (Å²) in [6, 6.07) is 0.1000. The minimum Gasteiger partial charge on any atom is -0.381 e. The zero-order valence-electron chi connectivity index (χ0n) is 15.7. The molecule has 2 heterocycles. The first-order valence-corrected chi connectivity index (χ1v) is 11.1. The first kappa shape index (κ1) is 20.0. The minimum absolute atomic E-state index is 0.0708. The smallest absolute Gasteiger partial charge is 0.282 e. The van der Waals surface area contributed by atoms with Crippen LogP contribution in [0.25, 0.3) is 0 Å². The topological polar surface area (TPSA) is 96.2 Å². The van der Waals surface area contributed by atoms with Crippen molar-refractivity contribution in [3.63, 3.8) is 0 Å². The van der Waals surface area contributed by atoms with Crippen molar-refractivity contribution in [1.29, 1.82) is 0 Å². The number of ether oxygens (including phenoxy) is 1. The van der Waals surface area contributed by atoms with Crippen LogP contribution in [0, 0.1) is 0 Å². The average molecular weight is 389 g/mol. The highest BCUT2D eigenvalue weighted by molar-refractivity contribution is 7.86. The molecule has 0 bridgehead atoms. The van der Waals surface area contributed by atoms with E-state index in [-0.39, 0.29) is 11.9 Å². The Morgan fingerprint density at radius 2 is 1.65 bits per heavy atom. The Labute approximate surface area is 156 Å². The highest BCUT2D eigenvalue weighted by Gasteiger charge is 2.41. The van der Waals surface area contributed by atoms with E-state index in [9.17, 15) is 13.2 Å². The molecule has 1 amide bonds. The molecule has 2 aliphatic heterocycles. The van der Waals surface area contributed by atoms with E-state index >= 15 is 0 Å². The summed E-state index contributed by atoms with van der Waals surface area (Å²) in [6.45, 7) is 2.47. The van der Waals surface area contributed by atoms with Gasteiger partial charge < -0.3 is 15.4 Å². The molecule has 8 nitrogen and oxygen atoms in total. The number of nitrogens with two attached hydrogens (primary N) is 1. The number of piperazine rings is 1. The summed E-state index contributed by atoms with van der Waals surface area (Å²) < 4.78 is 34.2. The van der Waals surface area contributed by atoms with Gasteiger partial charge in [0.15, 0.2) is 0 Å². The van der Waals surface area contributed by atoms with E-state index in [0.29, 0.717) is 52.2 Å². The second-order valence-corrected chi connectivity index (χ2v) is 9.76. The zero-order valence-corrected chi connectivity index (χ0v) is 16.5. The fourth-order valence-electron chi connectivity index (χ4n) is 4.20. The summed E-state index contributed by atoms with van der Waals surface area (Å²) in [6.07, 6.45) is 6.29. The molecular weight excluding hydrogens is 356 g/mol. The van der Waals surface area contributed by atoms with Crippen LogP contribution in [-0.4, -0.2) is 85.9 Å². The van der Waals surface area contributed by atoms with Gasteiger partial charge in [-0.15, -0.1) is 0 Å². The highest BCUT2D eigenvalue weighted by Crippen LogP contribution is 2.26. The Morgan fingerprint density at radius 1 is 1.08 bits per heavy atom. The third kappa shape index (κ3) is 4.06. The van der Waals surface area contributed by atoms with Gasteiger partial charge in [-0.3, -0.25) is 4.79 Å². The lowest BCUT2D eigenvalue weighted by Crippen LogP contribution is -2.62. The van der Waals surface area contributed by atoms with Crippen molar-refractivity contribution in [1.82, 2.24) is 13.5 Å². The van der Waals surface area contributed by atoms with Crippen molar-refractivity contribution in [3.8, 4) is 0 Å². The Kier molecular flexibility index (Phi) is 6.23. The average Bonchev–Trinajstić information content (AvgIpc) is 2.68. The van der Waals surface area contributed by atoms with E-state index in [4.69, 9.17) is 10.5 Å². The first-order valence-electron chi connectivity index (χ1n) is 9.74. The molecule has 1 aliphatic carbocycles. The third-order valence-electron chi connectivity index (χ3n) is 6.12. The van der Waals surface area contributed by atoms with Crippen LogP contribution in [0.2, 0.25) is 0 Å². The van der Waals surface area contributed by atoms with Crippen molar-refractivity contribution in [2.45, 2.75) is 56.5 Å². The van der Waals surface area contributed by atoms with Crippen LogP contribution in [-0.2, 0) is 19.7 Å². The molecule has 1 saturated carbocycles. The van der Waals surface area contributed by atoms with Gasteiger partial charge >= 0.3 is 0 Å². The van der Waals surface area contributed by atoms with Crippen LogP contribution in [0.15, 0.2) is 0 Å². The quantitative estimate of drug-likeness (QED) is 0.739.